The van der Waals surface area contributed by atoms with Crippen LogP contribution in [0, 0.1) is 9.39 Å². The average molecular weight is 357 g/mol. The molecule has 0 radical (unpaired) electrons. The lowest BCUT2D eigenvalue weighted by atomic mass is 10.3. The van der Waals surface area contributed by atoms with E-state index in [9.17, 15) is 9.18 Å². The van der Waals surface area contributed by atoms with E-state index in [4.69, 9.17) is 4.42 Å². The van der Waals surface area contributed by atoms with Gasteiger partial charge in [-0.2, -0.15) is 0 Å². The summed E-state index contributed by atoms with van der Waals surface area (Å²) >= 11 is 1.96. The lowest BCUT2D eigenvalue weighted by molar-refractivity contribution is -0.111. The Kier molecular flexibility index (Phi) is 4.14. The Hall–Kier alpha value is -1.63. The van der Waals surface area contributed by atoms with Crippen molar-refractivity contribution < 1.29 is 13.6 Å². The summed E-state index contributed by atoms with van der Waals surface area (Å²) in [6, 6.07) is 7.65. The summed E-state index contributed by atoms with van der Waals surface area (Å²) in [6.45, 7) is 0. The second-order valence-corrected chi connectivity index (χ2v) is 4.62. The van der Waals surface area contributed by atoms with Gasteiger partial charge in [-0.3, -0.25) is 4.79 Å². The van der Waals surface area contributed by atoms with Crippen molar-refractivity contribution >= 4 is 40.3 Å². The van der Waals surface area contributed by atoms with Crippen LogP contribution in [0.3, 0.4) is 0 Å². The first-order valence-electron chi connectivity index (χ1n) is 5.13. The van der Waals surface area contributed by atoms with Gasteiger partial charge in [-0.1, -0.05) is 0 Å². The molecular formula is C13H9FINO2. The molecule has 0 bridgehead atoms. The van der Waals surface area contributed by atoms with Crippen LogP contribution in [0.1, 0.15) is 5.76 Å². The van der Waals surface area contributed by atoms with Gasteiger partial charge in [-0.15, -0.1) is 0 Å². The Labute approximate surface area is 117 Å². The van der Waals surface area contributed by atoms with E-state index in [2.05, 4.69) is 5.32 Å². The van der Waals surface area contributed by atoms with Crippen LogP contribution >= 0.6 is 22.6 Å². The molecule has 2 rings (SSSR count). The van der Waals surface area contributed by atoms with Crippen LogP contribution in [-0.2, 0) is 4.79 Å². The van der Waals surface area contributed by atoms with Gasteiger partial charge in [0, 0.05) is 9.65 Å². The summed E-state index contributed by atoms with van der Waals surface area (Å²) in [5.41, 5.74) is 0.575. The largest absolute Gasteiger partial charge is 0.465 e. The Morgan fingerprint density at radius 2 is 2.22 bits per heavy atom. The second kappa shape index (κ2) is 5.81. The van der Waals surface area contributed by atoms with Crippen molar-refractivity contribution in [3.8, 4) is 0 Å². The van der Waals surface area contributed by atoms with Crippen LogP contribution in [0.25, 0.3) is 6.08 Å². The van der Waals surface area contributed by atoms with Crippen LogP contribution in [0.4, 0.5) is 10.1 Å². The number of hydrogen-bond acceptors (Lipinski definition) is 2. The maximum absolute atomic E-state index is 12.9. The number of benzene rings is 1. The molecule has 1 aromatic heterocycles. The number of rotatable bonds is 3. The van der Waals surface area contributed by atoms with E-state index < -0.39 is 0 Å². The van der Waals surface area contributed by atoms with E-state index in [0.717, 1.165) is 0 Å². The van der Waals surface area contributed by atoms with Gasteiger partial charge in [0.2, 0.25) is 5.91 Å². The van der Waals surface area contributed by atoms with E-state index >= 15 is 0 Å². The zero-order chi connectivity index (χ0) is 13.0. The zero-order valence-corrected chi connectivity index (χ0v) is 11.3. The quantitative estimate of drug-likeness (QED) is 0.673. The molecule has 18 heavy (non-hydrogen) atoms. The predicted molar refractivity (Wildman–Crippen MR) is 75.5 cm³/mol. The van der Waals surface area contributed by atoms with Crippen molar-refractivity contribution in [3.05, 3.63) is 57.8 Å². The van der Waals surface area contributed by atoms with Crippen LogP contribution in [0.15, 0.2) is 47.1 Å². The third-order valence-corrected chi connectivity index (χ3v) is 3.02. The third kappa shape index (κ3) is 3.43. The molecule has 1 amide bonds. The van der Waals surface area contributed by atoms with Gasteiger partial charge in [0.25, 0.3) is 0 Å². The minimum Gasteiger partial charge on any atom is -0.465 e. The van der Waals surface area contributed by atoms with Gasteiger partial charge in [-0.05, 0) is 59.0 Å². The minimum atomic E-state index is -0.330. The smallest absolute Gasteiger partial charge is 0.248 e. The van der Waals surface area contributed by atoms with E-state index in [-0.39, 0.29) is 11.7 Å². The molecule has 2 aromatic rings. The molecule has 3 nitrogen and oxygen atoms in total. The molecule has 0 spiro atoms. The summed E-state index contributed by atoms with van der Waals surface area (Å²) in [4.78, 5) is 11.6. The number of halogens is 2. The molecular weight excluding hydrogens is 348 g/mol. The highest BCUT2D eigenvalue weighted by Crippen LogP contribution is 2.19. The lowest BCUT2D eigenvalue weighted by Gasteiger charge is -2.04. The number of amides is 1. The third-order valence-electron chi connectivity index (χ3n) is 2.13. The normalized spacial score (nSPS) is 10.8. The first-order valence-corrected chi connectivity index (χ1v) is 6.20. The standard InChI is InChI=1S/C13H9FINO2/c14-9-3-5-12(11(15)8-9)16-13(17)6-4-10-2-1-7-18-10/h1-8H,(H,16,17). The van der Waals surface area contributed by atoms with Crippen molar-refractivity contribution in [3.63, 3.8) is 0 Å². The first kappa shape index (κ1) is 12.8. The lowest BCUT2D eigenvalue weighted by Crippen LogP contribution is -2.09. The Bertz CT molecular complexity index is 579. The molecule has 0 aliphatic rings. The summed E-state index contributed by atoms with van der Waals surface area (Å²) in [5.74, 6) is -0.0293. The van der Waals surface area contributed by atoms with Gasteiger partial charge >= 0.3 is 0 Å². The number of furan rings is 1. The number of nitrogens with one attached hydrogen (secondary N) is 1. The highest BCUT2D eigenvalue weighted by molar-refractivity contribution is 14.1. The van der Waals surface area contributed by atoms with Crippen molar-refractivity contribution in [1.29, 1.82) is 0 Å². The van der Waals surface area contributed by atoms with Crippen molar-refractivity contribution in [2.75, 3.05) is 5.32 Å². The molecule has 0 fully saturated rings. The molecule has 0 atom stereocenters. The number of carbonyl (C=O) groups is 1. The fourth-order valence-electron chi connectivity index (χ4n) is 1.31. The topological polar surface area (TPSA) is 42.2 Å². The van der Waals surface area contributed by atoms with E-state index in [1.54, 1.807) is 18.2 Å². The first-order chi connectivity index (χ1) is 8.65. The minimum absolute atomic E-state index is 0.295. The molecule has 1 N–H and O–H groups in total. The van der Waals surface area contributed by atoms with Gasteiger partial charge in [0.05, 0.1) is 12.0 Å². The molecule has 1 heterocycles. The van der Waals surface area contributed by atoms with Crippen LogP contribution in [-0.4, -0.2) is 5.91 Å². The van der Waals surface area contributed by atoms with Crippen LogP contribution < -0.4 is 5.32 Å². The van der Waals surface area contributed by atoms with Gasteiger partial charge in [-0.25, -0.2) is 4.39 Å². The monoisotopic (exact) mass is 357 g/mol. The molecule has 0 aliphatic carbocycles. The summed E-state index contributed by atoms with van der Waals surface area (Å²) < 4.78 is 18.6. The Morgan fingerprint density at radius 1 is 1.39 bits per heavy atom. The highest BCUT2D eigenvalue weighted by Gasteiger charge is 2.03. The Balaban J connectivity index is 2.03. The van der Waals surface area contributed by atoms with Crippen LogP contribution in [0.5, 0.6) is 0 Å². The number of carbonyl (C=O) groups excluding carboxylic acids is 1. The summed E-state index contributed by atoms with van der Waals surface area (Å²) in [5, 5.41) is 2.66. The average Bonchev–Trinajstić information content (AvgIpc) is 2.83. The molecule has 0 saturated heterocycles. The van der Waals surface area contributed by atoms with Crippen molar-refractivity contribution in [2.45, 2.75) is 0 Å². The van der Waals surface area contributed by atoms with Gasteiger partial charge < -0.3 is 9.73 Å². The van der Waals surface area contributed by atoms with Crippen molar-refractivity contribution in [1.82, 2.24) is 0 Å². The number of anilines is 1. The van der Waals surface area contributed by atoms with E-state index in [1.165, 1.54) is 30.5 Å². The molecule has 1 aromatic carbocycles. The molecule has 0 saturated carbocycles. The fourth-order valence-corrected chi connectivity index (χ4v) is 1.92. The molecule has 0 unspecified atom stereocenters. The summed E-state index contributed by atoms with van der Waals surface area (Å²) in [6.07, 6.45) is 4.45. The fraction of sp³-hybridized carbons (Fsp3) is 0. The van der Waals surface area contributed by atoms with E-state index in [1.807, 2.05) is 22.6 Å². The van der Waals surface area contributed by atoms with Gasteiger partial charge in [0.15, 0.2) is 0 Å². The van der Waals surface area contributed by atoms with E-state index in [0.29, 0.717) is 15.0 Å². The molecule has 92 valence electrons. The summed E-state index contributed by atoms with van der Waals surface area (Å²) in [7, 11) is 0. The Morgan fingerprint density at radius 3 is 2.89 bits per heavy atom. The zero-order valence-electron chi connectivity index (χ0n) is 9.19. The SMILES string of the molecule is O=C(C=Cc1ccco1)Nc1ccc(F)cc1I. The maximum Gasteiger partial charge on any atom is 0.248 e. The highest BCUT2D eigenvalue weighted by atomic mass is 127. The predicted octanol–water partition coefficient (Wildman–Crippen LogP) is 3.68. The molecule has 5 heteroatoms. The van der Waals surface area contributed by atoms with Crippen molar-refractivity contribution in [2.24, 2.45) is 0 Å². The molecule has 0 aliphatic heterocycles. The second-order valence-electron chi connectivity index (χ2n) is 3.46. The number of hydrogen-bond donors (Lipinski definition) is 1. The van der Waals surface area contributed by atoms with Gasteiger partial charge in [0.1, 0.15) is 11.6 Å². The maximum atomic E-state index is 12.9. The van der Waals surface area contributed by atoms with Crippen LogP contribution in [0.2, 0.25) is 0 Å².